The van der Waals surface area contributed by atoms with Gasteiger partial charge in [0.05, 0.1) is 23.0 Å². The molecule has 0 fully saturated rings. The second-order valence-electron chi connectivity index (χ2n) is 8.50. The van der Waals surface area contributed by atoms with Gasteiger partial charge in [-0.2, -0.15) is 0 Å². The number of halogens is 4. The fourth-order valence-corrected chi connectivity index (χ4v) is 4.05. The lowest BCUT2D eigenvalue weighted by Crippen LogP contribution is -2.29. The average molecular weight is 513 g/mol. The molecule has 0 aliphatic carbocycles. The van der Waals surface area contributed by atoms with Crippen molar-refractivity contribution in [2.24, 2.45) is 0 Å². The zero-order chi connectivity index (χ0) is 25.7. The molecule has 0 aliphatic heterocycles. The number of nitrogens with zero attached hydrogens (tertiary/aromatic N) is 1. The number of rotatable bonds is 10. The Morgan fingerprint density at radius 1 is 0.972 bits per heavy atom. The highest BCUT2D eigenvalue weighted by atomic mass is 35.5. The summed E-state index contributed by atoms with van der Waals surface area (Å²) in [5.74, 6) is -2.08. The molecule has 3 N–H and O–H groups in total. The Morgan fingerprint density at radius 2 is 1.61 bits per heavy atom. The minimum Gasteiger partial charge on any atom is -0.342 e. The van der Waals surface area contributed by atoms with Gasteiger partial charge in [-0.15, -0.1) is 11.6 Å². The van der Waals surface area contributed by atoms with Crippen molar-refractivity contribution in [3.8, 4) is 11.1 Å². The predicted octanol–water partition coefficient (Wildman–Crippen LogP) is 6.94. The number of alkyl halides is 1. The molecule has 0 unspecified atom stereocenters. The monoisotopic (exact) mass is 512 g/mol. The van der Waals surface area contributed by atoms with Crippen LogP contribution >= 0.6 is 11.6 Å². The smallest absolute Gasteiger partial charge is 0.251 e. The number of carbonyl (C=O) groups is 1. The number of nitrogens with one attached hydrogen (secondary N) is 3. The first-order valence-electron chi connectivity index (χ1n) is 11.5. The fourth-order valence-electron chi connectivity index (χ4n) is 3.92. The molecular weight excluding hydrogens is 489 g/mol. The molecule has 5 nitrogen and oxygen atoms in total. The van der Waals surface area contributed by atoms with E-state index < -0.39 is 17.7 Å². The van der Waals surface area contributed by atoms with Crippen LogP contribution in [0.5, 0.6) is 0 Å². The van der Waals surface area contributed by atoms with Crippen LogP contribution in [0.2, 0.25) is 0 Å². The van der Waals surface area contributed by atoms with Crippen LogP contribution in [0, 0.1) is 22.9 Å². The molecule has 4 aromatic rings. The van der Waals surface area contributed by atoms with Crippen LogP contribution in [0.25, 0.3) is 22.2 Å². The Kier molecular flexibility index (Phi) is 8.05. The average Bonchev–Trinajstić information content (AvgIpc) is 3.28. The minimum absolute atomic E-state index is 0.175. The summed E-state index contributed by atoms with van der Waals surface area (Å²) in [5.41, 5.74) is 3.11. The molecule has 4 rings (SSSR count). The molecule has 186 valence electrons. The van der Waals surface area contributed by atoms with Crippen LogP contribution in [-0.2, 0) is 0 Å². The van der Waals surface area contributed by atoms with Crippen molar-refractivity contribution >= 4 is 34.3 Å². The molecule has 1 aromatic heterocycles. The molecule has 1 amide bonds. The highest BCUT2D eigenvalue weighted by molar-refractivity contribution is 6.28. The van der Waals surface area contributed by atoms with Crippen LogP contribution < -0.4 is 5.32 Å². The van der Waals surface area contributed by atoms with E-state index in [4.69, 9.17) is 17.0 Å². The maximum atomic E-state index is 13.7. The summed E-state index contributed by atoms with van der Waals surface area (Å²) in [6.45, 7) is 0. The minimum atomic E-state index is -0.998. The Hall–Kier alpha value is -3.65. The number of aromatic amines is 1. The van der Waals surface area contributed by atoms with Gasteiger partial charge in [-0.25, -0.2) is 18.2 Å². The van der Waals surface area contributed by atoms with E-state index in [1.165, 1.54) is 12.1 Å². The second-order valence-corrected chi connectivity index (χ2v) is 8.77. The Labute approximate surface area is 211 Å². The van der Waals surface area contributed by atoms with Crippen molar-refractivity contribution in [2.75, 3.05) is 5.88 Å². The first-order chi connectivity index (χ1) is 17.3. The van der Waals surface area contributed by atoms with Crippen LogP contribution in [0.1, 0.15) is 47.9 Å². The van der Waals surface area contributed by atoms with Crippen molar-refractivity contribution in [2.45, 2.75) is 31.7 Å². The Morgan fingerprint density at radius 3 is 2.28 bits per heavy atom. The lowest BCUT2D eigenvalue weighted by Gasteiger charge is -2.17. The largest absolute Gasteiger partial charge is 0.342 e. The van der Waals surface area contributed by atoms with Gasteiger partial charge < -0.3 is 15.7 Å². The molecule has 0 bridgehead atoms. The van der Waals surface area contributed by atoms with E-state index >= 15 is 0 Å². The summed E-state index contributed by atoms with van der Waals surface area (Å²) in [5, 5.41) is 10.7. The number of hydrogen-bond acceptors (Lipinski definition) is 3. The van der Waals surface area contributed by atoms with E-state index in [1.54, 1.807) is 36.4 Å². The topological polar surface area (TPSA) is 81.6 Å². The number of H-pyrrole nitrogens is 1. The van der Waals surface area contributed by atoms with Crippen LogP contribution in [0.4, 0.5) is 13.2 Å². The maximum Gasteiger partial charge on any atom is 0.251 e. The van der Waals surface area contributed by atoms with Gasteiger partial charge in [-0.1, -0.05) is 30.7 Å². The number of carbonyl (C=O) groups excluding carboxylic acids is 1. The van der Waals surface area contributed by atoms with Crippen LogP contribution in [0.15, 0.2) is 60.7 Å². The lowest BCUT2D eigenvalue weighted by atomic mass is 10.0. The SMILES string of the molecule is N=C(CCl)CCCC[C@H](NC(=O)c1ccc(-c2ccc(F)cc2)cc1)c1nc2cc(F)c(F)cc2[nH]1. The summed E-state index contributed by atoms with van der Waals surface area (Å²) in [4.78, 5) is 20.4. The molecule has 9 heteroatoms. The van der Waals surface area contributed by atoms with Crippen molar-refractivity contribution in [3.05, 3.63) is 89.5 Å². The van der Waals surface area contributed by atoms with Gasteiger partial charge >= 0.3 is 0 Å². The molecule has 1 atom stereocenters. The summed E-state index contributed by atoms with van der Waals surface area (Å²) in [6.07, 6.45) is 2.42. The molecule has 0 saturated carbocycles. The first kappa shape index (κ1) is 25.4. The van der Waals surface area contributed by atoms with E-state index in [9.17, 15) is 18.0 Å². The van der Waals surface area contributed by atoms with Crippen LogP contribution in [-0.4, -0.2) is 27.5 Å². The standard InChI is InChI=1S/C27H24ClF3N4O/c28-15-20(32)3-1-2-4-23(26-33-24-13-21(30)22(31)14-25(24)34-26)35-27(36)18-7-5-16(6-8-18)17-9-11-19(29)12-10-17/h5-14,23,32H,1-4,15H2,(H,33,34)(H,35,36)/t23-/m0/s1. The maximum absolute atomic E-state index is 13.7. The summed E-state index contributed by atoms with van der Waals surface area (Å²) < 4.78 is 40.6. The predicted molar refractivity (Wildman–Crippen MR) is 135 cm³/mol. The van der Waals surface area contributed by atoms with E-state index in [-0.39, 0.29) is 23.1 Å². The summed E-state index contributed by atoms with van der Waals surface area (Å²) >= 11 is 5.68. The lowest BCUT2D eigenvalue weighted by molar-refractivity contribution is 0.0932. The number of hydrogen-bond donors (Lipinski definition) is 3. The van der Waals surface area contributed by atoms with E-state index in [0.717, 1.165) is 23.3 Å². The third kappa shape index (κ3) is 6.12. The zero-order valence-electron chi connectivity index (χ0n) is 19.3. The van der Waals surface area contributed by atoms with Gasteiger partial charge in [0, 0.05) is 23.4 Å². The number of aromatic nitrogens is 2. The first-order valence-corrected chi connectivity index (χ1v) is 12.0. The van der Waals surface area contributed by atoms with Crippen molar-refractivity contribution < 1.29 is 18.0 Å². The molecule has 36 heavy (non-hydrogen) atoms. The second kappa shape index (κ2) is 11.4. The zero-order valence-corrected chi connectivity index (χ0v) is 20.0. The van der Waals surface area contributed by atoms with Crippen molar-refractivity contribution in [1.29, 1.82) is 5.41 Å². The quantitative estimate of drug-likeness (QED) is 0.122. The van der Waals surface area contributed by atoms with Gasteiger partial charge in [0.2, 0.25) is 0 Å². The molecule has 3 aromatic carbocycles. The normalized spacial score (nSPS) is 12.0. The third-order valence-corrected chi connectivity index (χ3v) is 6.21. The number of benzene rings is 3. The molecule has 0 spiro atoms. The molecule has 0 radical (unpaired) electrons. The van der Waals surface area contributed by atoms with Crippen molar-refractivity contribution in [3.63, 3.8) is 0 Å². The summed E-state index contributed by atoms with van der Waals surface area (Å²) in [6, 6.07) is 14.5. The van der Waals surface area contributed by atoms with E-state index in [1.807, 2.05) is 0 Å². The van der Waals surface area contributed by atoms with E-state index in [0.29, 0.717) is 48.3 Å². The highest BCUT2D eigenvalue weighted by Gasteiger charge is 2.20. The number of imidazole rings is 1. The van der Waals surface area contributed by atoms with Gasteiger partial charge in [0.25, 0.3) is 5.91 Å². The Balaban J connectivity index is 1.52. The summed E-state index contributed by atoms with van der Waals surface area (Å²) in [7, 11) is 0. The van der Waals surface area contributed by atoms with Crippen LogP contribution in [0.3, 0.4) is 0 Å². The van der Waals surface area contributed by atoms with Crippen molar-refractivity contribution in [1.82, 2.24) is 15.3 Å². The van der Waals surface area contributed by atoms with E-state index in [2.05, 4.69) is 15.3 Å². The van der Waals surface area contributed by atoms with Gasteiger partial charge in [0.1, 0.15) is 11.6 Å². The fraction of sp³-hybridized carbons (Fsp3) is 0.222. The highest BCUT2D eigenvalue weighted by Crippen LogP contribution is 2.24. The number of amides is 1. The molecular formula is C27H24ClF3N4O. The van der Waals surface area contributed by atoms with Gasteiger partial charge in [-0.05, 0) is 54.7 Å². The van der Waals surface area contributed by atoms with Gasteiger partial charge in [0.15, 0.2) is 11.6 Å². The Bertz CT molecular complexity index is 1330. The molecule has 0 saturated heterocycles. The molecule has 0 aliphatic rings. The number of fused-ring (bicyclic) bond motifs is 1. The molecule has 1 heterocycles. The number of unbranched alkanes of at least 4 members (excludes halogenated alkanes) is 1. The van der Waals surface area contributed by atoms with Gasteiger partial charge in [-0.3, -0.25) is 4.79 Å². The third-order valence-electron chi connectivity index (χ3n) is 5.88.